The Kier molecular flexibility index (Phi) is 6.55. The smallest absolute Gasteiger partial charge is 0.230 e. The van der Waals surface area contributed by atoms with Crippen molar-refractivity contribution in [3.05, 3.63) is 35.7 Å². The lowest BCUT2D eigenvalue weighted by atomic mass is 9.86. The molecule has 3 rings (SSSR count). The largest absolute Gasteiger partial charge is 0.497 e. The molecule has 2 aromatic rings. The summed E-state index contributed by atoms with van der Waals surface area (Å²) in [4.78, 5) is 16.6. The predicted molar refractivity (Wildman–Crippen MR) is 102 cm³/mol. The number of amides is 1. The van der Waals surface area contributed by atoms with Crippen molar-refractivity contribution in [3.8, 4) is 5.75 Å². The van der Waals surface area contributed by atoms with Crippen molar-refractivity contribution in [1.82, 2.24) is 20.5 Å². The van der Waals surface area contributed by atoms with E-state index in [0.29, 0.717) is 29.3 Å². The van der Waals surface area contributed by atoms with Gasteiger partial charge in [-0.25, -0.2) is 4.98 Å². The number of carbonyl (C=O) groups is 1. The first-order valence-electron chi connectivity index (χ1n) is 9.10. The first-order chi connectivity index (χ1) is 12.6. The monoisotopic (exact) mass is 374 g/mol. The van der Waals surface area contributed by atoms with Gasteiger partial charge in [0.15, 0.2) is 0 Å². The van der Waals surface area contributed by atoms with Gasteiger partial charge in [-0.15, -0.1) is 5.10 Å². The molecule has 0 unspecified atom stereocenters. The average molecular weight is 375 g/mol. The van der Waals surface area contributed by atoms with Gasteiger partial charge in [-0.1, -0.05) is 43.7 Å². The van der Waals surface area contributed by atoms with Crippen molar-refractivity contribution >= 4 is 17.7 Å². The van der Waals surface area contributed by atoms with Crippen LogP contribution in [0.2, 0.25) is 0 Å². The van der Waals surface area contributed by atoms with Crippen molar-refractivity contribution in [2.24, 2.45) is 5.92 Å². The molecule has 1 amide bonds. The Morgan fingerprint density at radius 1 is 1.31 bits per heavy atom. The fraction of sp³-hybridized carbons (Fsp3) is 0.526. The van der Waals surface area contributed by atoms with Gasteiger partial charge in [-0.2, -0.15) is 0 Å². The van der Waals surface area contributed by atoms with E-state index in [9.17, 15) is 4.79 Å². The summed E-state index contributed by atoms with van der Waals surface area (Å²) >= 11 is 1.37. The molecule has 1 aliphatic carbocycles. The summed E-state index contributed by atoms with van der Waals surface area (Å²) in [7, 11) is 1.65. The first kappa shape index (κ1) is 18.8. The summed E-state index contributed by atoms with van der Waals surface area (Å²) in [6.07, 6.45) is 5.44. The SMILES string of the molecule is COc1ccc(Cc2nc(SCC(=O)N[C@H]3CCCC[C@@H]3C)n[nH]2)cc1. The molecule has 1 fully saturated rings. The zero-order valence-electron chi connectivity index (χ0n) is 15.3. The lowest BCUT2D eigenvalue weighted by Gasteiger charge is -2.29. The van der Waals surface area contributed by atoms with Crippen molar-refractivity contribution < 1.29 is 9.53 Å². The molecule has 26 heavy (non-hydrogen) atoms. The van der Waals surface area contributed by atoms with E-state index in [-0.39, 0.29) is 5.91 Å². The Hall–Kier alpha value is -2.02. The van der Waals surface area contributed by atoms with Gasteiger partial charge in [0.1, 0.15) is 11.6 Å². The molecule has 0 radical (unpaired) electrons. The molecule has 0 spiro atoms. The predicted octanol–water partition coefficient (Wildman–Crippen LogP) is 3.19. The lowest BCUT2D eigenvalue weighted by molar-refractivity contribution is -0.119. The fourth-order valence-corrected chi connectivity index (χ4v) is 3.90. The third-order valence-electron chi connectivity index (χ3n) is 4.83. The van der Waals surface area contributed by atoms with E-state index >= 15 is 0 Å². The van der Waals surface area contributed by atoms with Crippen molar-refractivity contribution in [2.45, 2.75) is 50.2 Å². The first-order valence-corrected chi connectivity index (χ1v) is 10.1. The van der Waals surface area contributed by atoms with Crippen LogP contribution in [0.3, 0.4) is 0 Å². The summed E-state index contributed by atoms with van der Waals surface area (Å²) in [6, 6.07) is 8.19. The highest BCUT2D eigenvalue weighted by molar-refractivity contribution is 7.99. The average Bonchev–Trinajstić information content (AvgIpc) is 3.10. The van der Waals surface area contributed by atoms with Crippen LogP contribution in [0.5, 0.6) is 5.75 Å². The number of nitrogens with zero attached hydrogens (tertiary/aromatic N) is 2. The number of H-pyrrole nitrogens is 1. The molecule has 1 aromatic carbocycles. The standard InChI is InChI=1S/C19H26N4O2S/c1-13-5-3-4-6-16(13)20-18(24)12-26-19-21-17(22-23-19)11-14-7-9-15(25-2)10-8-14/h7-10,13,16H,3-6,11-12H2,1-2H3,(H,20,24)(H,21,22,23)/t13-,16-/m0/s1. The molecule has 1 aliphatic rings. The van der Waals surface area contributed by atoms with Gasteiger partial charge in [-0.05, 0) is 36.5 Å². The van der Waals surface area contributed by atoms with Gasteiger partial charge >= 0.3 is 0 Å². The minimum Gasteiger partial charge on any atom is -0.497 e. The highest BCUT2D eigenvalue weighted by Crippen LogP contribution is 2.24. The van der Waals surface area contributed by atoms with Crippen LogP contribution < -0.4 is 10.1 Å². The number of benzene rings is 1. The molecular weight excluding hydrogens is 348 g/mol. The topological polar surface area (TPSA) is 79.9 Å². The third kappa shape index (κ3) is 5.24. The van der Waals surface area contributed by atoms with Crippen LogP contribution in [0.25, 0.3) is 0 Å². The van der Waals surface area contributed by atoms with E-state index in [2.05, 4.69) is 27.4 Å². The number of hydrogen-bond acceptors (Lipinski definition) is 5. The number of ether oxygens (including phenoxy) is 1. The molecule has 140 valence electrons. The summed E-state index contributed by atoms with van der Waals surface area (Å²) in [6.45, 7) is 2.22. The molecule has 6 nitrogen and oxygen atoms in total. The van der Waals surface area contributed by atoms with Gasteiger partial charge in [0.2, 0.25) is 11.1 Å². The third-order valence-corrected chi connectivity index (χ3v) is 5.68. The number of nitrogens with one attached hydrogen (secondary N) is 2. The molecule has 0 saturated heterocycles. The van der Waals surface area contributed by atoms with Crippen LogP contribution in [0, 0.1) is 5.92 Å². The minimum absolute atomic E-state index is 0.0651. The normalized spacial score (nSPS) is 19.9. The number of methoxy groups -OCH3 is 1. The zero-order chi connectivity index (χ0) is 18.4. The Morgan fingerprint density at radius 3 is 2.81 bits per heavy atom. The number of hydrogen-bond donors (Lipinski definition) is 2. The molecule has 7 heteroatoms. The molecule has 2 atom stereocenters. The molecule has 1 saturated carbocycles. The Morgan fingerprint density at radius 2 is 2.08 bits per heavy atom. The van der Waals surface area contributed by atoms with Crippen LogP contribution in [0.4, 0.5) is 0 Å². The molecular formula is C19H26N4O2S. The zero-order valence-corrected chi connectivity index (χ0v) is 16.1. The number of thioether (sulfide) groups is 1. The maximum atomic E-state index is 12.2. The highest BCUT2D eigenvalue weighted by Gasteiger charge is 2.22. The fourth-order valence-electron chi connectivity index (χ4n) is 3.27. The van der Waals surface area contributed by atoms with Gasteiger partial charge in [0.25, 0.3) is 0 Å². The maximum absolute atomic E-state index is 12.2. The van der Waals surface area contributed by atoms with Gasteiger partial charge in [0.05, 0.1) is 12.9 Å². The number of carbonyl (C=O) groups excluding carboxylic acids is 1. The minimum atomic E-state index is 0.0651. The van der Waals surface area contributed by atoms with Crippen LogP contribution in [0.15, 0.2) is 29.4 Å². The summed E-state index contributed by atoms with van der Waals surface area (Å²) < 4.78 is 5.16. The van der Waals surface area contributed by atoms with Gasteiger partial charge < -0.3 is 10.1 Å². The number of rotatable bonds is 7. The second-order valence-corrected chi connectivity index (χ2v) is 7.76. The molecule has 0 aliphatic heterocycles. The van der Waals surface area contributed by atoms with Crippen molar-refractivity contribution in [3.63, 3.8) is 0 Å². The Bertz CT molecular complexity index is 717. The van der Waals surface area contributed by atoms with Gasteiger partial charge in [0, 0.05) is 12.5 Å². The summed E-state index contributed by atoms with van der Waals surface area (Å²) in [5, 5.41) is 10.9. The van der Waals surface area contributed by atoms with Crippen LogP contribution in [-0.2, 0) is 11.2 Å². The van der Waals surface area contributed by atoms with E-state index in [1.165, 1.54) is 31.0 Å². The van der Waals surface area contributed by atoms with E-state index in [0.717, 1.165) is 23.6 Å². The van der Waals surface area contributed by atoms with E-state index < -0.39 is 0 Å². The quantitative estimate of drug-likeness (QED) is 0.728. The Labute approximate surface area is 158 Å². The summed E-state index contributed by atoms with van der Waals surface area (Å²) in [5.74, 6) is 2.61. The van der Waals surface area contributed by atoms with E-state index in [1.807, 2.05) is 24.3 Å². The Balaban J connectivity index is 1.46. The van der Waals surface area contributed by atoms with E-state index in [1.54, 1.807) is 7.11 Å². The van der Waals surface area contributed by atoms with Crippen LogP contribution in [-0.4, -0.2) is 40.0 Å². The highest BCUT2D eigenvalue weighted by atomic mass is 32.2. The molecule has 2 N–H and O–H groups in total. The number of aromatic amines is 1. The van der Waals surface area contributed by atoms with Crippen molar-refractivity contribution in [2.75, 3.05) is 12.9 Å². The maximum Gasteiger partial charge on any atom is 0.230 e. The van der Waals surface area contributed by atoms with Gasteiger partial charge in [-0.3, -0.25) is 9.89 Å². The second kappa shape index (κ2) is 9.07. The van der Waals surface area contributed by atoms with Crippen molar-refractivity contribution in [1.29, 1.82) is 0 Å². The summed E-state index contributed by atoms with van der Waals surface area (Å²) in [5.41, 5.74) is 1.13. The molecule has 1 aromatic heterocycles. The van der Waals surface area contributed by atoms with Crippen LogP contribution in [0.1, 0.15) is 44.0 Å². The molecule has 0 bridgehead atoms. The molecule has 1 heterocycles. The second-order valence-electron chi connectivity index (χ2n) is 6.81. The van der Waals surface area contributed by atoms with E-state index in [4.69, 9.17) is 4.74 Å². The number of aromatic nitrogens is 3. The van der Waals surface area contributed by atoms with Crippen LogP contribution >= 0.6 is 11.8 Å². The lowest BCUT2D eigenvalue weighted by Crippen LogP contribution is -2.41.